The number of nitrogens with zero attached hydrogens (tertiary/aromatic N) is 2. The number of para-hydroxylation sites is 1. The maximum absolute atomic E-state index is 13.3. The zero-order chi connectivity index (χ0) is 29.1. The number of non-ortho nitro benzene ring substituents is 1. The number of nitrogens with one attached hydrogen (secondary N) is 1. The van der Waals surface area contributed by atoms with Crippen LogP contribution < -0.4 is 10.1 Å². The summed E-state index contributed by atoms with van der Waals surface area (Å²) in [6.07, 6.45) is 0. The number of esters is 2. The summed E-state index contributed by atoms with van der Waals surface area (Å²) in [4.78, 5) is 62.0. The molecule has 13 nitrogen and oxygen atoms in total. The Kier molecular flexibility index (Phi) is 8.30. The maximum atomic E-state index is 13.3. The lowest BCUT2D eigenvalue weighted by atomic mass is 9.91. The minimum Gasteiger partial charge on any atom is -0.484 e. The number of carbonyl (C=O) groups is 4. The zero-order valence-electron chi connectivity index (χ0n) is 21.9. The van der Waals surface area contributed by atoms with E-state index in [1.807, 2.05) is 6.07 Å². The van der Waals surface area contributed by atoms with Crippen molar-refractivity contribution in [1.82, 2.24) is 10.2 Å². The van der Waals surface area contributed by atoms with Gasteiger partial charge in [0, 0.05) is 26.2 Å². The van der Waals surface area contributed by atoms with Crippen molar-refractivity contribution in [3.05, 3.63) is 70.3 Å². The number of nitro groups is 1. The van der Waals surface area contributed by atoms with Gasteiger partial charge in [-0.3, -0.25) is 29.4 Å². The van der Waals surface area contributed by atoms with Gasteiger partial charge < -0.3 is 24.3 Å². The summed E-state index contributed by atoms with van der Waals surface area (Å²) >= 11 is 1.24. The molecule has 0 aliphatic carbocycles. The van der Waals surface area contributed by atoms with Crippen LogP contribution >= 0.6 is 11.8 Å². The van der Waals surface area contributed by atoms with Crippen molar-refractivity contribution < 1.29 is 43.0 Å². The van der Waals surface area contributed by atoms with E-state index in [0.717, 1.165) is 0 Å². The Hall–Kier alpha value is -4.17. The molecule has 2 heterocycles. The van der Waals surface area contributed by atoms with Crippen LogP contribution in [0.25, 0.3) is 0 Å². The summed E-state index contributed by atoms with van der Waals surface area (Å²) < 4.78 is 21.0. The summed E-state index contributed by atoms with van der Waals surface area (Å²) in [5.74, 6) is -1.85. The molecule has 40 heavy (non-hydrogen) atoms. The fourth-order valence-electron chi connectivity index (χ4n) is 4.54. The molecule has 4 rings (SSSR count). The first-order chi connectivity index (χ1) is 19.0. The molecule has 0 saturated carbocycles. The Balaban J connectivity index is 1.50. The molecule has 14 heteroatoms. The number of carbonyl (C=O) groups excluding carboxylic acids is 4. The van der Waals surface area contributed by atoms with E-state index in [9.17, 15) is 29.3 Å². The lowest BCUT2D eigenvalue weighted by molar-refractivity contribution is -0.384. The number of methoxy groups -OCH3 is 1. The number of fused-ring (bicyclic) bond motifs is 1. The molecule has 2 fully saturated rings. The Labute approximate surface area is 233 Å². The second-order valence-corrected chi connectivity index (χ2v) is 10.9. The van der Waals surface area contributed by atoms with Crippen LogP contribution in [0, 0.1) is 10.1 Å². The second-order valence-electron chi connectivity index (χ2n) is 9.24. The molecule has 0 radical (unpaired) electrons. The van der Waals surface area contributed by atoms with Crippen molar-refractivity contribution in [2.45, 2.75) is 35.7 Å². The normalized spacial score (nSPS) is 24.9. The molecule has 2 aliphatic rings. The Morgan fingerprint density at radius 1 is 1.07 bits per heavy atom. The SMILES string of the molecule is CO[C@]1(COC(=O)c2ccc([N+](=O)[O-])cc2)N2C(=O)[C@@H](NC(=O)COc3ccccc3)[C@H]2S[C@]1(C)COC(C)=O. The molecule has 2 amide bonds. The lowest BCUT2D eigenvalue weighted by Gasteiger charge is -2.50. The Morgan fingerprint density at radius 3 is 2.35 bits per heavy atom. The average Bonchev–Trinajstić information content (AvgIpc) is 3.18. The van der Waals surface area contributed by atoms with Gasteiger partial charge in [0.25, 0.3) is 17.5 Å². The number of β-lactam (4-membered cyclic amide) rings is 1. The topological polar surface area (TPSA) is 164 Å². The average molecular weight is 574 g/mol. The van der Waals surface area contributed by atoms with Gasteiger partial charge in [-0.15, -0.1) is 11.8 Å². The molecule has 0 spiro atoms. The molecule has 0 aromatic heterocycles. The smallest absolute Gasteiger partial charge is 0.338 e. The number of hydrogen-bond acceptors (Lipinski definition) is 11. The van der Waals surface area contributed by atoms with Crippen LogP contribution in [0.15, 0.2) is 54.6 Å². The number of ether oxygens (including phenoxy) is 4. The lowest BCUT2D eigenvalue weighted by Crippen LogP contribution is -2.76. The molecular weight excluding hydrogens is 546 g/mol. The van der Waals surface area contributed by atoms with E-state index < -0.39 is 57.2 Å². The van der Waals surface area contributed by atoms with Crippen molar-refractivity contribution >= 4 is 41.2 Å². The summed E-state index contributed by atoms with van der Waals surface area (Å²) in [5, 5.41) is 13.0. The van der Waals surface area contributed by atoms with Gasteiger partial charge in [0.15, 0.2) is 12.3 Å². The third-order valence-electron chi connectivity index (χ3n) is 6.67. The third-order valence-corrected chi connectivity index (χ3v) is 8.35. The number of amides is 2. The van der Waals surface area contributed by atoms with Gasteiger partial charge in [0.1, 0.15) is 35.1 Å². The minimum absolute atomic E-state index is 0.0548. The van der Waals surface area contributed by atoms with Gasteiger partial charge in [-0.05, 0) is 31.2 Å². The van der Waals surface area contributed by atoms with Gasteiger partial charge in [-0.2, -0.15) is 0 Å². The molecule has 212 valence electrons. The number of rotatable bonds is 11. The van der Waals surface area contributed by atoms with Gasteiger partial charge in [-0.25, -0.2) is 4.79 Å². The van der Waals surface area contributed by atoms with E-state index in [0.29, 0.717) is 5.75 Å². The van der Waals surface area contributed by atoms with E-state index in [2.05, 4.69) is 5.32 Å². The summed E-state index contributed by atoms with van der Waals surface area (Å²) in [6, 6.07) is 12.6. The van der Waals surface area contributed by atoms with Crippen molar-refractivity contribution in [3.8, 4) is 5.75 Å². The Bertz CT molecular complexity index is 1310. The molecule has 1 N–H and O–H groups in total. The van der Waals surface area contributed by atoms with Crippen LogP contribution in [0.4, 0.5) is 5.69 Å². The molecule has 2 aromatic carbocycles. The predicted octanol–water partition coefficient (Wildman–Crippen LogP) is 1.89. The highest BCUT2D eigenvalue weighted by molar-refractivity contribution is 8.01. The van der Waals surface area contributed by atoms with Crippen molar-refractivity contribution in [3.63, 3.8) is 0 Å². The Morgan fingerprint density at radius 2 is 1.75 bits per heavy atom. The molecule has 2 aliphatic heterocycles. The van der Waals surface area contributed by atoms with Crippen molar-refractivity contribution in [1.29, 1.82) is 0 Å². The monoisotopic (exact) mass is 573 g/mol. The largest absolute Gasteiger partial charge is 0.484 e. The van der Waals surface area contributed by atoms with Crippen LogP contribution in [0.3, 0.4) is 0 Å². The van der Waals surface area contributed by atoms with Crippen LogP contribution in [0.1, 0.15) is 24.2 Å². The van der Waals surface area contributed by atoms with Gasteiger partial charge in [0.05, 0.1) is 10.5 Å². The third kappa shape index (κ3) is 5.45. The first-order valence-electron chi connectivity index (χ1n) is 12.1. The highest BCUT2D eigenvalue weighted by atomic mass is 32.2. The first-order valence-corrected chi connectivity index (χ1v) is 13.0. The fourth-order valence-corrected chi connectivity index (χ4v) is 6.33. The standard InChI is InChI=1S/C26H27N3O10S/c1-16(30)38-14-25(2)26(36-3,15-39-24(33)17-9-11-18(12-10-17)29(34)35)28-22(32)21(23(28)40-25)27-20(31)13-37-19-7-5-4-6-8-19/h4-12,21,23H,13-15H2,1-3H3,(H,27,31)/t21-,23-,25-,26+/m1/s1. The van der Waals surface area contributed by atoms with E-state index >= 15 is 0 Å². The fraction of sp³-hybridized carbons (Fsp3) is 0.385. The number of hydrogen-bond donors (Lipinski definition) is 1. The number of nitro benzene ring substituents is 1. The molecule has 0 bridgehead atoms. The minimum atomic E-state index is -1.56. The van der Waals surface area contributed by atoms with E-state index in [-0.39, 0.29) is 24.5 Å². The highest BCUT2D eigenvalue weighted by Gasteiger charge is 2.72. The number of thioether (sulfide) groups is 1. The quantitative estimate of drug-likeness (QED) is 0.181. The first kappa shape index (κ1) is 28.8. The molecule has 2 saturated heterocycles. The van der Waals surface area contributed by atoms with Crippen LogP contribution in [0.2, 0.25) is 0 Å². The van der Waals surface area contributed by atoms with E-state index in [1.54, 1.807) is 31.2 Å². The van der Waals surface area contributed by atoms with Crippen LogP contribution in [0.5, 0.6) is 5.75 Å². The van der Waals surface area contributed by atoms with Crippen molar-refractivity contribution in [2.24, 2.45) is 0 Å². The zero-order valence-corrected chi connectivity index (χ0v) is 22.7. The van der Waals surface area contributed by atoms with Crippen LogP contribution in [-0.4, -0.2) is 82.4 Å². The maximum Gasteiger partial charge on any atom is 0.338 e. The van der Waals surface area contributed by atoms with Gasteiger partial charge in [0.2, 0.25) is 0 Å². The van der Waals surface area contributed by atoms with Crippen molar-refractivity contribution in [2.75, 3.05) is 26.9 Å². The summed E-state index contributed by atoms with van der Waals surface area (Å²) in [6.45, 7) is 2.00. The molecule has 2 aromatic rings. The predicted molar refractivity (Wildman–Crippen MR) is 140 cm³/mol. The van der Waals surface area contributed by atoms with Gasteiger partial charge in [-0.1, -0.05) is 18.2 Å². The second kappa shape index (κ2) is 11.5. The molecular formula is C26H27N3O10S. The van der Waals surface area contributed by atoms with Crippen LogP contribution in [-0.2, 0) is 28.6 Å². The number of benzene rings is 2. The van der Waals surface area contributed by atoms with E-state index in [1.165, 1.54) is 55.0 Å². The summed E-state index contributed by atoms with van der Waals surface area (Å²) in [5.41, 5.74) is -1.70. The highest BCUT2D eigenvalue weighted by Crippen LogP contribution is 2.57. The molecule has 0 unspecified atom stereocenters. The summed E-state index contributed by atoms with van der Waals surface area (Å²) in [7, 11) is 1.33. The van der Waals surface area contributed by atoms with E-state index in [4.69, 9.17) is 18.9 Å². The molecule has 4 atom stereocenters. The van der Waals surface area contributed by atoms with Gasteiger partial charge >= 0.3 is 11.9 Å².